The highest BCUT2D eigenvalue weighted by molar-refractivity contribution is 6.37. The van der Waals surface area contributed by atoms with E-state index in [0.29, 0.717) is 11.1 Å². The lowest BCUT2D eigenvalue weighted by Gasteiger charge is -2.52. The maximum absolute atomic E-state index is 11.7. The van der Waals surface area contributed by atoms with Crippen LogP contribution in [0.1, 0.15) is 19.8 Å². The number of rotatable bonds is 1. The fraction of sp³-hybridized carbons (Fsp3) is 0.818. The van der Waals surface area contributed by atoms with Crippen molar-refractivity contribution < 1.29 is 9.53 Å². The van der Waals surface area contributed by atoms with Crippen molar-refractivity contribution in [2.75, 3.05) is 33.4 Å². The Morgan fingerprint density at radius 1 is 1.33 bits per heavy atom. The standard InChI is InChI=1S/C11H18N2O2/c1-9(12-2)10(14)13-7-11(8-13)3-5-15-6-4-11/h3-8H2,1-2H3. The van der Waals surface area contributed by atoms with Crippen molar-refractivity contribution >= 4 is 11.6 Å². The minimum atomic E-state index is 0.0922. The first kappa shape index (κ1) is 10.6. The Bertz CT molecular complexity index is 285. The quantitative estimate of drug-likeness (QED) is 0.598. The number of amides is 1. The molecule has 0 unspecified atom stereocenters. The smallest absolute Gasteiger partial charge is 0.267 e. The van der Waals surface area contributed by atoms with Crippen LogP contribution in [0.25, 0.3) is 0 Å². The zero-order chi connectivity index (χ0) is 10.9. The molecule has 4 nitrogen and oxygen atoms in total. The molecule has 0 aromatic carbocycles. The van der Waals surface area contributed by atoms with E-state index in [0.717, 1.165) is 39.1 Å². The molecule has 1 spiro atoms. The molecule has 4 heteroatoms. The van der Waals surface area contributed by atoms with Crippen LogP contribution in [0.5, 0.6) is 0 Å². The molecule has 0 N–H and O–H groups in total. The van der Waals surface area contributed by atoms with Crippen molar-refractivity contribution in [3.05, 3.63) is 0 Å². The largest absolute Gasteiger partial charge is 0.381 e. The lowest BCUT2D eigenvalue weighted by molar-refractivity contribution is -0.142. The SMILES string of the molecule is CN=C(C)C(=O)N1CC2(CCOCC2)C1. The number of hydrogen-bond acceptors (Lipinski definition) is 3. The summed E-state index contributed by atoms with van der Waals surface area (Å²) in [5.74, 6) is 0.0922. The third kappa shape index (κ3) is 1.91. The minimum absolute atomic E-state index is 0.0922. The Morgan fingerprint density at radius 2 is 1.93 bits per heavy atom. The van der Waals surface area contributed by atoms with Crippen LogP contribution in [0.15, 0.2) is 4.99 Å². The Balaban J connectivity index is 1.89. The molecule has 84 valence electrons. The Hall–Kier alpha value is -0.900. The van der Waals surface area contributed by atoms with Gasteiger partial charge < -0.3 is 9.64 Å². The van der Waals surface area contributed by atoms with Gasteiger partial charge in [-0.15, -0.1) is 0 Å². The maximum atomic E-state index is 11.7. The van der Waals surface area contributed by atoms with Gasteiger partial charge in [0, 0.05) is 38.8 Å². The molecule has 2 aliphatic rings. The summed E-state index contributed by atoms with van der Waals surface area (Å²) in [7, 11) is 1.66. The second-order valence-corrected chi connectivity index (χ2v) is 4.58. The van der Waals surface area contributed by atoms with Crippen LogP contribution in [-0.2, 0) is 9.53 Å². The van der Waals surface area contributed by atoms with Gasteiger partial charge in [-0.2, -0.15) is 0 Å². The second kappa shape index (κ2) is 3.93. The van der Waals surface area contributed by atoms with E-state index in [1.165, 1.54) is 0 Å². The molecule has 1 amide bonds. The molecule has 0 bridgehead atoms. The van der Waals surface area contributed by atoms with Gasteiger partial charge in [0.25, 0.3) is 5.91 Å². The van der Waals surface area contributed by atoms with Gasteiger partial charge in [0.15, 0.2) is 0 Å². The summed E-state index contributed by atoms with van der Waals surface area (Å²) in [6, 6.07) is 0. The van der Waals surface area contributed by atoms with Gasteiger partial charge in [0.05, 0.1) is 5.71 Å². The van der Waals surface area contributed by atoms with Gasteiger partial charge in [-0.05, 0) is 19.8 Å². The fourth-order valence-corrected chi connectivity index (χ4v) is 2.35. The summed E-state index contributed by atoms with van der Waals surface area (Å²) in [4.78, 5) is 17.6. The van der Waals surface area contributed by atoms with E-state index in [1.54, 1.807) is 14.0 Å². The first-order valence-corrected chi connectivity index (χ1v) is 5.47. The number of carbonyl (C=O) groups is 1. The van der Waals surface area contributed by atoms with Gasteiger partial charge in [0.2, 0.25) is 0 Å². The Kier molecular flexibility index (Phi) is 2.78. The first-order valence-electron chi connectivity index (χ1n) is 5.47. The van der Waals surface area contributed by atoms with Gasteiger partial charge in [0.1, 0.15) is 0 Å². The predicted molar refractivity (Wildman–Crippen MR) is 58.1 cm³/mol. The topological polar surface area (TPSA) is 41.9 Å². The van der Waals surface area contributed by atoms with E-state index in [2.05, 4.69) is 4.99 Å². The molecule has 2 fully saturated rings. The van der Waals surface area contributed by atoms with Crippen LogP contribution in [-0.4, -0.2) is 49.9 Å². The Labute approximate surface area is 90.3 Å². The summed E-state index contributed by atoms with van der Waals surface area (Å²) in [6.07, 6.45) is 2.19. The van der Waals surface area contributed by atoms with Gasteiger partial charge >= 0.3 is 0 Å². The number of likely N-dealkylation sites (tertiary alicyclic amines) is 1. The molecule has 0 aromatic heterocycles. The number of aliphatic imine (C=N–C) groups is 1. The lowest BCUT2D eigenvalue weighted by atomic mass is 9.73. The minimum Gasteiger partial charge on any atom is -0.381 e. The normalized spacial score (nSPS) is 25.2. The molecule has 0 atom stereocenters. The van der Waals surface area contributed by atoms with Crippen molar-refractivity contribution in [2.45, 2.75) is 19.8 Å². The number of hydrogen-bond donors (Lipinski definition) is 0. The zero-order valence-corrected chi connectivity index (χ0v) is 9.45. The summed E-state index contributed by atoms with van der Waals surface area (Å²) >= 11 is 0. The third-order valence-corrected chi connectivity index (χ3v) is 3.54. The molecule has 2 saturated heterocycles. The molecule has 2 aliphatic heterocycles. The molecule has 0 saturated carbocycles. The van der Waals surface area contributed by atoms with E-state index >= 15 is 0 Å². The number of nitrogens with zero attached hydrogens (tertiary/aromatic N) is 2. The van der Waals surface area contributed by atoms with Gasteiger partial charge in [-0.1, -0.05) is 0 Å². The third-order valence-electron chi connectivity index (χ3n) is 3.54. The van der Waals surface area contributed by atoms with Crippen LogP contribution in [0, 0.1) is 5.41 Å². The lowest BCUT2D eigenvalue weighted by Crippen LogP contribution is -2.61. The molecular formula is C11H18N2O2. The zero-order valence-electron chi connectivity index (χ0n) is 9.45. The van der Waals surface area contributed by atoms with Crippen LogP contribution in [0.4, 0.5) is 0 Å². The van der Waals surface area contributed by atoms with Crippen molar-refractivity contribution in [1.82, 2.24) is 4.90 Å². The molecule has 0 aromatic rings. The first-order chi connectivity index (χ1) is 7.17. The average Bonchev–Trinajstić information content (AvgIpc) is 2.25. The second-order valence-electron chi connectivity index (χ2n) is 4.58. The van der Waals surface area contributed by atoms with Crippen molar-refractivity contribution in [3.8, 4) is 0 Å². The molecular weight excluding hydrogens is 192 g/mol. The molecule has 15 heavy (non-hydrogen) atoms. The molecule has 0 aliphatic carbocycles. The average molecular weight is 210 g/mol. The van der Waals surface area contributed by atoms with Gasteiger partial charge in [-0.25, -0.2) is 0 Å². The number of carbonyl (C=O) groups excluding carboxylic acids is 1. The van der Waals surface area contributed by atoms with E-state index in [1.807, 2.05) is 4.90 Å². The van der Waals surface area contributed by atoms with Crippen molar-refractivity contribution in [3.63, 3.8) is 0 Å². The Morgan fingerprint density at radius 3 is 2.47 bits per heavy atom. The van der Waals surface area contributed by atoms with E-state index in [-0.39, 0.29) is 5.91 Å². The highest BCUT2D eigenvalue weighted by Crippen LogP contribution is 2.39. The fourth-order valence-electron chi connectivity index (χ4n) is 2.35. The molecule has 2 heterocycles. The highest BCUT2D eigenvalue weighted by Gasteiger charge is 2.45. The van der Waals surface area contributed by atoms with Crippen molar-refractivity contribution in [1.29, 1.82) is 0 Å². The van der Waals surface area contributed by atoms with Crippen LogP contribution < -0.4 is 0 Å². The van der Waals surface area contributed by atoms with E-state index < -0.39 is 0 Å². The predicted octanol–water partition coefficient (Wildman–Crippen LogP) is 0.716. The summed E-state index contributed by atoms with van der Waals surface area (Å²) in [6.45, 7) is 5.26. The number of ether oxygens (including phenoxy) is 1. The summed E-state index contributed by atoms with van der Waals surface area (Å²) in [5.41, 5.74) is 0.971. The molecule has 0 radical (unpaired) electrons. The van der Waals surface area contributed by atoms with Crippen LogP contribution in [0.2, 0.25) is 0 Å². The summed E-state index contributed by atoms with van der Waals surface area (Å²) < 4.78 is 5.34. The maximum Gasteiger partial charge on any atom is 0.267 e. The summed E-state index contributed by atoms with van der Waals surface area (Å²) in [5, 5.41) is 0. The van der Waals surface area contributed by atoms with Gasteiger partial charge in [-0.3, -0.25) is 9.79 Å². The van der Waals surface area contributed by atoms with Crippen LogP contribution >= 0.6 is 0 Å². The van der Waals surface area contributed by atoms with E-state index in [9.17, 15) is 4.79 Å². The highest BCUT2D eigenvalue weighted by atomic mass is 16.5. The van der Waals surface area contributed by atoms with E-state index in [4.69, 9.17) is 4.74 Å². The molecule has 2 rings (SSSR count). The monoisotopic (exact) mass is 210 g/mol. The van der Waals surface area contributed by atoms with Crippen molar-refractivity contribution in [2.24, 2.45) is 10.4 Å². The van der Waals surface area contributed by atoms with Crippen LogP contribution in [0.3, 0.4) is 0 Å².